The molecule has 0 radical (unpaired) electrons. The molecule has 0 saturated carbocycles. The van der Waals surface area contributed by atoms with E-state index >= 15 is 0 Å². The second kappa shape index (κ2) is 7.26. The number of rotatable bonds is 5. The average Bonchev–Trinajstić information content (AvgIpc) is 3.07. The van der Waals surface area contributed by atoms with Crippen molar-refractivity contribution >= 4 is 34.0 Å². The van der Waals surface area contributed by atoms with Gasteiger partial charge in [0.05, 0.1) is 5.56 Å². The minimum absolute atomic E-state index is 0.300. The summed E-state index contributed by atoms with van der Waals surface area (Å²) in [5, 5.41) is 5.53. The normalized spacial score (nSPS) is 10.3. The van der Waals surface area contributed by atoms with E-state index in [0.717, 1.165) is 5.56 Å². The lowest BCUT2D eigenvalue weighted by Crippen LogP contribution is -2.13. The lowest BCUT2D eigenvalue weighted by atomic mass is 10.2. The number of nitrogens with one attached hydrogen (secondary N) is 1. The molecule has 0 aliphatic carbocycles. The van der Waals surface area contributed by atoms with Gasteiger partial charge in [-0.3, -0.25) is 10.1 Å². The molecule has 6 heteroatoms. The topological polar surface area (TPSA) is 51.2 Å². The molecule has 3 rings (SSSR count). The number of amides is 1. The molecule has 1 aromatic heterocycles. The number of carbonyl (C=O) groups is 1. The molecule has 3 aromatic rings. The van der Waals surface area contributed by atoms with Crippen LogP contribution in [-0.4, -0.2) is 10.9 Å². The van der Waals surface area contributed by atoms with E-state index in [9.17, 15) is 4.79 Å². The Morgan fingerprint density at radius 3 is 2.78 bits per heavy atom. The van der Waals surface area contributed by atoms with Crippen LogP contribution in [0.1, 0.15) is 15.9 Å². The molecule has 0 atom stereocenters. The van der Waals surface area contributed by atoms with Crippen molar-refractivity contribution in [2.45, 2.75) is 6.61 Å². The predicted molar refractivity (Wildman–Crippen MR) is 92.3 cm³/mol. The van der Waals surface area contributed by atoms with Crippen LogP contribution in [0.2, 0.25) is 5.02 Å². The van der Waals surface area contributed by atoms with Crippen LogP contribution in [0.5, 0.6) is 5.75 Å². The molecule has 1 heterocycles. The van der Waals surface area contributed by atoms with E-state index in [1.807, 2.05) is 30.3 Å². The van der Waals surface area contributed by atoms with Gasteiger partial charge in [-0.25, -0.2) is 4.98 Å². The summed E-state index contributed by atoms with van der Waals surface area (Å²) < 4.78 is 5.78. The maximum atomic E-state index is 12.4. The molecule has 0 saturated heterocycles. The van der Waals surface area contributed by atoms with Gasteiger partial charge in [0.1, 0.15) is 12.4 Å². The second-order valence-electron chi connectivity index (χ2n) is 4.71. The largest absolute Gasteiger partial charge is 0.488 e. The third kappa shape index (κ3) is 4.09. The molecule has 4 nitrogen and oxygen atoms in total. The predicted octanol–water partition coefficient (Wildman–Crippen LogP) is 4.63. The number of hydrogen-bond acceptors (Lipinski definition) is 4. The zero-order valence-corrected chi connectivity index (χ0v) is 13.6. The van der Waals surface area contributed by atoms with E-state index in [4.69, 9.17) is 16.3 Å². The Labute approximate surface area is 142 Å². The summed E-state index contributed by atoms with van der Waals surface area (Å²) in [6, 6.07) is 14.7. The smallest absolute Gasteiger partial charge is 0.261 e. The highest BCUT2D eigenvalue weighted by molar-refractivity contribution is 7.13. The van der Waals surface area contributed by atoms with Crippen LogP contribution < -0.4 is 10.1 Å². The number of halogens is 1. The van der Waals surface area contributed by atoms with Crippen LogP contribution in [-0.2, 0) is 6.61 Å². The summed E-state index contributed by atoms with van der Waals surface area (Å²) in [4.78, 5) is 16.5. The number of thiazole rings is 1. The lowest BCUT2D eigenvalue weighted by molar-refractivity contribution is 0.102. The summed E-state index contributed by atoms with van der Waals surface area (Å²) in [5.41, 5.74) is 1.40. The van der Waals surface area contributed by atoms with Crippen LogP contribution in [0.25, 0.3) is 0 Å². The Kier molecular flexibility index (Phi) is 4.90. The van der Waals surface area contributed by atoms with E-state index in [1.54, 1.807) is 29.8 Å². The van der Waals surface area contributed by atoms with Gasteiger partial charge in [-0.1, -0.05) is 41.9 Å². The van der Waals surface area contributed by atoms with E-state index in [2.05, 4.69) is 10.3 Å². The summed E-state index contributed by atoms with van der Waals surface area (Å²) in [6.45, 7) is 0.375. The van der Waals surface area contributed by atoms with Crippen molar-refractivity contribution in [1.82, 2.24) is 4.98 Å². The molecule has 1 amide bonds. The third-order valence-corrected chi connectivity index (χ3v) is 4.00. The summed E-state index contributed by atoms with van der Waals surface area (Å²) in [7, 11) is 0. The Balaban J connectivity index is 1.78. The van der Waals surface area contributed by atoms with Crippen molar-refractivity contribution in [1.29, 1.82) is 0 Å². The molecule has 0 bridgehead atoms. The van der Waals surface area contributed by atoms with Gasteiger partial charge >= 0.3 is 0 Å². The Hall–Kier alpha value is -2.37. The minimum Gasteiger partial charge on any atom is -0.488 e. The van der Waals surface area contributed by atoms with Crippen molar-refractivity contribution in [3.8, 4) is 5.75 Å². The molecule has 0 aliphatic rings. The van der Waals surface area contributed by atoms with Gasteiger partial charge < -0.3 is 4.74 Å². The zero-order valence-electron chi connectivity index (χ0n) is 12.0. The third-order valence-electron chi connectivity index (χ3n) is 3.08. The van der Waals surface area contributed by atoms with Crippen LogP contribution in [0.15, 0.2) is 60.1 Å². The number of benzene rings is 2. The van der Waals surface area contributed by atoms with Crippen LogP contribution in [0, 0.1) is 0 Å². The zero-order chi connectivity index (χ0) is 16.1. The fourth-order valence-electron chi connectivity index (χ4n) is 1.99. The first-order valence-electron chi connectivity index (χ1n) is 6.89. The molecule has 0 unspecified atom stereocenters. The maximum absolute atomic E-state index is 12.4. The average molecular weight is 345 g/mol. The van der Waals surface area contributed by atoms with Gasteiger partial charge in [-0.15, -0.1) is 11.3 Å². The number of aromatic nitrogens is 1. The first-order valence-corrected chi connectivity index (χ1v) is 8.15. The molecule has 116 valence electrons. The maximum Gasteiger partial charge on any atom is 0.261 e. The molecular weight excluding hydrogens is 332 g/mol. The number of hydrogen-bond donors (Lipinski definition) is 1. The van der Waals surface area contributed by atoms with Gasteiger partial charge in [0, 0.05) is 16.6 Å². The van der Waals surface area contributed by atoms with Crippen molar-refractivity contribution in [2.75, 3.05) is 5.32 Å². The molecule has 0 aliphatic heterocycles. The van der Waals surface area contributed by atoms with E-state index in [0.29, 0.717) is 28.1 Å². The first-order chi connectivity index (χ1) is 11.2. The Morgan fingerprint density at radius 2 is 2.04 bits per heavy atom. The van der Waals surface area contributed by atoms with Gasteiger partial charge in [-0.2, -0.15) is 0 Å². The van der Waals surface area contributed by atoms with E-state index in [-0.39, 0.29) is 5.91 Å². The van der Waals surface area contributed by atoms with Gasteiger partial charge in [-0.05, 0) is 23.8 Å². The number of ether oxygens (including phenoxy) is 1. The number of anilines is 1. The molecule has 0 fully saturated rings. The summed E-state index contributed by atoms with van der Waals surface area (Å²) in [6.07, 6.45) is 1.63. The van der Waals surface area contributed by atoms with E-state index in [1.165, 1.54) is 11.3 Å². The fourth-order valence-corrected chi connectivity index (χ4v) is 2.69. The van der Waals surface area contributed by atoms with Gasteiger partial charge in [0.25, 0.3) is 5.91 Å². The van der Waals surface area contributed by atoms with Crippen molar-refractivity contribution in [3.63, 3.8) is 0 Å². The van der Waals surface area contributed by atoms with Crippen molar-refractivity contribution in [3.05, 3.63) is 76.3 Å². The highest BCUT2D eigenvalue weighted by Crippen LogP contribution is 2.25. The van der Waals surface area contributed by atoms with Gasteiger partial charge in [0.2, 0.25) is 0 Å². The molecule has 23 heavy (non-hydrogen) atoms. The standard InChI is InChI=1S/C17H13ClN2O2S/c18-13-6-7-15(22-11-12-4-2-1-3-5-12)14(10-13)16(21)20-17-19-8-9-23-17/h1-10H,11H2,(H,19,20,21). The van der Waals surface area contributed by atoms with Crippen LogP contribution >= 0.6 is 22.9 Å². The quantitative estimate of drug-likeness (QED) is 0.734. The van der Waals surface area contributed by atoms with E-state index < -0.39 is 0 Å². The number of nitrogens with zero attached hydrogens (tertiary/aromatic N) is 1. The van der Waals surface area contributed by atoms with Crippen molar-refractivity contribution < 1.29 is 9.53 Å². The highest BCUT2D eigenvalue weighted by Gasteiger charge is 2.15. The SMILES string of the molecule is O=C(Nc1nccs1)c1cc(Cl)ccc1OCc1ccccc1. The molecule has 1 N–H and O–H groups in total. The molecule has 0 spiro atoms. The monoisotopic (exact) mass is 344 g/mol. The Bertz CT molecular complexity index is 792. The molecule has 2 aromatic carbocycles. The van der Waals surface area contributed by atoms with Crippen LogP contribution in [0.4, 0.5) is 5.13 Å². The summed E-state index contributed by atoms with van der Waals surface area (Å²) >= 11 is 7.36. The fraction of sp³-hybridized carbons (Fsp3) is 0.0588. The van der Waals surface area contributed by atoms with Gasteiger partial charge in [0.15, 0.2) is 5.13 Å². The minimum atomic E-state index is -0.300. The Morgan fingerprint density at radius 1 is 1.22 bits per heavy atom. The van der Waals surface area contributed by atoms with Crippen LogP contribution in [0.3, 0.4) is 0 Å². The first kappa shape index (κ1) is 15.5. The summed E-state index contributed by atoms with van der Waals surface area (Å²) in [5.74, 6) is 0.179. The molecular formula is C17H13ClN2O2S. The lowest BCUT2D eigenvalue weighted by Gasteiger charge is -2.11. The second-order valence-corrected chi connectivity index (χ2v) is 6.04. The number of carbonyl (C=O) groups excluding carboxylic acids is 1. The van der Waals surface area contributed by atoms with Crippen molar-refractivity contribution in [2.24, 2.45) is 0 Å². The highest BCUT2D eigenvalue weighted by atomic mass is 35.5.